The molecular weight excluding hydrogens is 294 g/mol. The van der Waals surface area contributed by atoms with Crippen molar-refractivity contribution in [2.75, 3.05) is 18.4 Å². The average Bonchev–Trinajstić information content (AvgIpc) is 2.39. The third-order valence-corrected chi connectivity index (χ3v) is 5.52. The van der Waals surface area contributed by atoms with E-state index in [-0.39, 0.29) is 5.11 Å². The SMILES string of the molecule is CC1CCN(S(=O)(=O)c2ccc(NC(N)=S)cc2)CC1. The summed E-state index contributed by atoms with van der Waals surface area (Å²) in [5, 5.41) is 2.93. The number of nitrogens with one attached hydrogen (secondary N) is 1. The smallest absolute Gasteiger partial charge is 0.243 e. The number of sulfonamides is 1. The zero-order valence-electron chi connectivity index (χ0n) is 11.4. The van der Waals surface area contributed by atoms with Gasteiger partial charge in [0.05, 0.1) is 4.90 Å². The van der Waals surface area contributed by atoms with Crippen molar-refractivity contribution in [2.24, 2.45) is 11.7 Å². The molecule has 0 radical (unpaired) electrons. The first-order chi connectivity index (χ1) is 9.39. The predicted molar refractivity (Wildman–Crippen MR) is 84.0 cm³/mol. The maximum absolute atomic E-state index is 12.5. The Hall–Kier alpha value is -1.18. The van der Waals surface area contributed by atoms with E-state index >= 15 is 0 Å². The third-order valence-electron chi connectivity index (χ3n) is 3.50. The van der Waals surface area contributed by atoms with Crippen molar-refractivity contribution in [1.82, 2.24) is 4.31 Å². The molecule has 0 aliphatic carbocycles. The molecule has 7 heteroatoms. The molecule has 3 N–H and O–H groups in total. The van der Waals surface area contributed by atoms with E-state index in [1.165, 1.54) is 0 Å². The molecule has 1 aliphatic rings. The molecule has 0 bridgehead atoms. The minimum absolute atomic E-state index is 0.158. The molecule has 5 nitrogen and oxygen atoms in total. The first kappa shape index (κ1) is 15.2. The second kappa shape index (κ2) is 6.07. The van der Waals surface area contributed by atoms with Crippen molar-refractivity contribution >= 4 is 33.0 Å². The molecule has 0 atom stereocenters. The Balaban J connectivity index is 2.15. The number of nitrogens with zero attached hydrogens (tertiary/aromatic N) is 1. The lowest BCUT2D eigenvalue weighted by molar-refractivity contribution is 0.288. The number of nitrogens with two attached hydrogens (primary N) is 1. The van der Waals surface area contributed by atoms with Gasteiger partial charge in [-0.3, -0.25) is 0 Å². The minimum atomic E-state index is -3.39. The third kappa shape index (κ3) is 3.47. The Morgan fingerprint density at radius 3 is 2.35 bits per heavy atom. The second-order valence-corrected chi connectivity index (χ2v) is 7.48. The molecule has 0 amide bonds. The van der Waals surface area contributed by atoms with Gasteiger partial charge in [0.2, 0.25) is 10.0 Å². The average molecular weight is 313 g/mol. The Labute approximate surface area is 125 Å². The predicted octanol–water partition coefficient (Wildman–Crippen LogP) is 1.76. The fraction of sp³-hybridized carbons (Fsp3) is 0.462. The summed E-state index contributed by atoms with van der Waals surface area (Å²) in [5.74, 6) is 0.596. The van der Waals surface area contributed by atoms with Crippen LogP contribution >= 0.6 is 12.2 Å². The van der Waals surface area contributed by atoms with Crippen molar-refractivity contribution in [3.8, 4) is 0 Å². The van der Waals surface area contributed by atoms with Crippen molar-refractivity contribution in [3.05, 3.63) is 24.3 Å². The summed E-state index contributed by atoms with van der Waals surface area (Å²) < 4.78 is 26.5. The molecule has 1 saturated heterocycles. The number of anilines is 1. The summed E-state index contributed by atoms with van der Waals surface area (Å²) in [4.78, 5) is 0.306. The molecule has 0 aromatic heterocycles. The number of hydrogen-bond acceptors (Lipinski definition) is 3. The number of piperidine rings is 1. The lowest BCUT2D eigenvalue weighted by atomic mass is 10.0. The van der Waals surface area contributed by atoms with Gasteiger partial charge >= 0.3 is 0 Å². The quantitative estimate of drug-likeness (QED) is 0.832. The highest BCUT2D eigenvalue weighted by Crippen LogP contribution is 2.24. The van der Waals surface area contributed by atoms with Crippen molar-refractivity contribution in [3.63, 3.8) is 0 Å². The maximum Gasteiger partial charge on any atom is 0.243 e. The van der Waals surface area contributed by atoms with Crippen LogP contribution in [0.1, 0.15) is 19.8 Å². The van der Waals surface area contributed by atoms with Crippen LogP contribution in [0.4, 0.5) is 5.69 Å². The normalized spacial score (nSPS) is 17.9. The summed E-state index contributed by atoms with van der Waals surface area (Å²) in [6, 6.07) is 6.49. The monoisotopic (exact) mass is 313 g/mol. The molecule has 1 heterocycles. The molecule has 0 spiro atoms. The van der Waals surface area contributed by atoms with E-state index in [0.29, 0.717) is 29.6 Å². The van der Waals surface area contributed by atoms with Gasteiger partial charge in [-0.15, -0.1) is 0 Å². The molecule has 1 aliphatic heterocycles. The minimum Gasteiger partial charge on any atom is -0.376 e. The Morgan fingerprint density at radius 1 is 1.30 bits per heavy atom. The van der Waals surface area contributed by atoms with Gasteiger partial charge in [0, 0.05) is 18.8 Å². The van der Waals surface area contributed by atoms with Gasteiger partial charge in [-0.2, -0.15) is 4.31 Å². The van der Waals surface area contributed by atoms with Crippen LogP contribution in [0.3, 0.4) is 0 Å². The summed E-state index contributed by atoms with van der Waals surface area (Å²) in [5.41, 5.74) is 6.06. The van der Waals surface area contributed by atoms with Crippen LogP contribution in [-0.2, 0) is 10.0 Å². The highest BCUT2D eigenvalue weighted by atomic mass is 32.2. The van der Waals surface area contributed by atoms with E-state index in [4.69, 9.17) is 18.0 Å². The van der Waals surface area contributed by atoms with Gasteiger partial charge in [-0.1, -0.05) is 6.92 Å². The molecular formula is C13H19N3O2S2. The van der Waals surface area contributed by atoms with Crippen LogP contribution in [0.2, 0.25) is 0 Å². The van der Waals surface area contributed by atoms with Crippen LogP contribution < -0.4 is 11.1 Å². The summed E-state index contributed by atoms with van der Waals surface area (Å²) >= 11 is 4.74. The Morgan fingerprint density at radius 2 is 1.85 bits per heavy atom. The van der Waals surface area contributed by atoms with E-state index < -0.39 is 10.0 Å². The number of benzene rings is 1. The van der Waals surface area contributed by atoms with Gasteiger partial charge in [0.15, 0.2) is 5.11 Å². The zero-order valence-corrected chi connectivity index (χ0v) is 13.0. The van der Waals surface area contributed by atoms with E-state index in [1.54, 1.807) is 28.6 Å². The lowest BCUT2D eigenvalue weighted by Crippen LogP contribution is -2.37. The molecule has 1 aromatic rings. The van der Waals surface area contributed by atoms with Crippen LogP contribution in [0, 0.1) is 5.92 Å². The van der Waals surface area contributed by atoms with Crippen LogP contribution in [0.5, 0.6) is 0 Å². The number of hydrogen-bond donors (Lipinski definition) is 2. The van der Waals surface area contributed by atoms with E-state index in [0.717, 1.165) is 12.8 Å². The van der Waals surface area contributed by atoms with Crippen LogP contribution in [-0.4, -0.2) is 30.9 Å². The molecule has 1 fully saturated rings. The highest BCUT2D eigenvalue weighted by Gasteiger charge is 2.27. The van der Waals surface area contributed by atoms with E-state index in [1.807, 2.05) is 0 Å². The summed E-state index contributed by atoms with van der Waals surface area (Å²) in [6.07, 6.45) is 1.83. The van der Waals surface area contributed by atoms with Gasteiger partial charge in [-0.25, -0.2) is 8.42 Å². The zero-order chi connectivity index (χ0) is 14.8. The van der Waals surface area contributed by atoms with Crippen molar-refractivity contribution in [2.45, 2.75) is 24.7 Å². The molecule has 1 aromatic carbocycles. The fourth-order valence-electron chi connectivity index (χ4n) is 2.23. The molecule has 0 unspecified atom stereocenters. The van der Waals surface area contributed by atoms with Gasteiger partial charge in [-0.05, 0) is 55.2 Å². The summed E-state index contributed by atoms with van der Waals surface area (Å²) in [6.45, 7) is 3.34. The lowest BCUT2D eigenvalue weighted by Gasteiger charge is -2.29. The molecule has 110 valence electrons. The van der Waals surface area contributed by atoms with Crippen LogP contribution in [0.15, 0.2) is 29.2 Å². The van der Waals surface area contributed by atoms with E-state index in [2.05, 4.69) is 12.2 Å². The van der Waals surface area contributed by atoms with Gasteiger partial charge in [0.1, 0.15) is 0 Å². The van der Waals surface area contributed by atoms with Crippen LogP contribution in [0.25, 0.3) is 0 Å². The Bertz CT molecular complexity index is 576. The maximum atomic E-state index is 12.5. The summed E-state index contributed by atoms with van der Waals surface area (Å²) in [7, 11) is -3.39. The largest absolute Gasteiger partial charge is 0.376 e. The number of thiocarbonyl (C=S) groups is 1. The second-order valence-electron chi connectivity index (χ2n) is 5.10. The topological polar surface area (TPSA) is 75.4 Å². The molecule has 0 saturated carbocycles. The molecule has 2 rings (SSSR count). The highest BCUT2D eigenvalue weighted by molar-refractivity contribution is 7.89. The van der Waals surface area contributed by atoms with Crippen molar-refractivity contribution in [1.29, 1.82) is 0 Å². The first-order valence-corrected chi connectivity index (χ1v) is 8.41. The Kier molecular flexibility index (Phi) is 4.62. The fourth-order valence-corrected chi connectivity index (χ4v) is 3.81. The number of rotatable bonds is 3. The van der Waals surface area contributed by atoms with Gasteiger partial charge < -0.3 is 11.1 Å². The molecule has 20 heavy (non-hydrogen) atoms. The standard InChI is InChI=1S/C13H19N3O2S2/c1-10-6-8-16(9-7-10)20(17,18)12-4-2-11(3-5-12)15-13(14)19/h2-5,10H,6-9H2,1H3,(H3,14,15,19). The first-order valence-electron chi connectivity index (χ1n) is 6.56. The van der Waals surface area contributed by atoms with E-state index in [9.17, 15) is 8.42 Å². The van der Waals surface area contributed by atoms with Crippen molar-refractivity contribution < 1.29 is 8.42 Å². The van der Waals surface area contributed by atoms with Gasteiger partial charge in [0.25, 0.3) is 0 Å².